The summed E-state index contributed by atoms with van der Waals surface area (Å²) in [4.78, 5) is 22.3. The number of aryl methyl sites for hydroxylation is 1. The van der Waals surface area contributed by atoms with Crippen molar-refractivity contribution in [1.82, 2.24) is 14.9 Å². The van der Waals surface area contributed by atoms with Crippen LogP contribution < -0.4 is 0 Å². The van der Waals surface area contributed by atoms with E-state index in [9.17, 15) is 4.79 Å². The molecule has 1 atom stereocenters. The zero-order valence-corrected chi connectivity index (χ0v) is 14.3. The first-order valence-corrected chi connectivity index (χ1v) is 8.14. The topological polar surface area (TPSA) is 55.3 Å². The van der Waals surface area contributed by atoms with Gasteiger partial charge in [-0.15, -0.1) is 0 Å². The molecule has 1 saturated heterocycles. The number of rotatable bonds is 2. The van der Waals surface area contributed by atoms with Crippen LogP contribution in [-0.2, 0) is 4.74 Å². The Hall–Kier alpha value is -1.01. The molecule has 2 rings (SSSR count). The van der Waals surface area contributed by atoms with Crippen LogP contribution >= 0.6 is 23.4 Å². The number of aromatic nitrogens is 2. The van der Waals surface area contributed by atoms with Crippen LogP contribution in [0.25, 0.3) is 0 Å². The van der Waals surface area contributed by atoms with E-state index in [4.69, 9.17) is 16.3 Å². The monoisotopic (exact) mass is 329 g/mol. The Bertz CT molecular complexity index is 513. The number of halogens is 1. The predicted molar refractivity (Wildman–Crippen MR) is 83.8 cm³/mol. The van der Waals surface area contributed by atoms with Gasteiger partial charge in [0.1, 0.15) is 10.8 Å². The van der Waals surface area contributed by atoms with Gasteiger partial charge in [-0.25, -0.2) is 14.8 Å². The molecule has 0 unspecified atom stereocenters. The molecule has 0 aliphatic carbocycles. The highest BCUT2D eigenvalue weighted by Crippen LogP contribution is 2.29. The maximum atomic E-state index is 12.0. The van der Waals surface area contributed by atoms with Crippen molar-refractivity contribution in [2.45, 2.75) is 50.1 Å². The minimum atomic E-state index is -0.463. The molecule has 0 spiro atoms. The van der Waals surface area contributed by atoms with E-state index < -0.39 is 5.60 Å². The molecule has 2 heterocycles. The number of hydrogen-bond acceptors (Lipinski definition) is 5. The summed E-state index contributed by atoms with van der Waals surface area (Å²) in [6.07, 6.45) is 0.646. The smallest absolute Gasteiger partial charge is 0.410 e. The number of ether oxygens (including phenoxy) is 1. The van der Waals surface area contributed by atoms with E-state index in [2.05, 4.69) is 9.97 Å². The third kappa shape index (κ3) is 5.04. The first kappa shape index (κ1) is 16.4. The predicted octanol–water partition coefficient (Wildman–Crippen LogP) is 3.54. The zero-order valence-electron chi connectivity index (χ0n) is 12.7. The van der Waals surface area contributed by atoms with Gasteiger partial charge >= 0.3 is 6.09 Å². The highest BCUT2D eigenvalue weighted by atomic mass is 35.5. The highest BCUT2D eigenvalue weighted by Gasteiger charge is 2.30. The van der Waals surface area contributed by atoms with E-state index in [0.29, 0.717) is 23.4 Å². The molecule has 1 aliphatic heterocycles. The fourth-order valence-electron chi connectivity index (χ4n) is 2.02. The third-order valence-electron chi connectivity index (χ3n) is 2.87. The molecule has 21 heavy (non-hydrogen) atoms. The molecule has 1 aliphatic rings. The van der Waals surface area contributed by atoms with Crippen LogP contribution in [0, 0.1) is 6.92 Å². The lowest BCUT2D eigenvalue weighted by Gasteiger charge is -2.24. The van der Waals surface area contributed by atoms with Gasteiger partial charge in [-0.2, -0.15) is 0 Å². The average Bonchev–Trinajstić information content (AvgIpc) is 2.73. The molecule has 1 amide bonds. The quantitative estimate of drug-likeness (QED) is 0.613. The normalized spacial score (nSPS) is 18.9. The third-order valence-corrected chi connectivity index (χ3v) is 4.18. The Morgan fingerprint density at radius 1 is 1.48 bits per heavy atom. The van der Waals surface area contributed by atoms with Crippen LogP contribution in [0.15, 0.2) is 11.2 Å². The van der Waals surface area contributed by atoms with Crippen molar-refractivity contribution < 1.29 is 9.53 Å². The molecule has 0 saturated carbocycles. The summed E-state index contributed by atoms with van der Waals surface area (Å²) in [5, 5.41) is 1.39. The standard InChI is InChI=1S/C14H20ClN3O2S/c1-9-7-11(15)17-12(16-9)21-10-5-6-18(8-10)13(19)20-14(2,3)4/h7,10H,5-6,8H2,1-4H3/t10-/m0/s1. The summed E-state index contributed by atoms with van der Waals surface area (Å²) in [5.41, 5.74) is 0.384. The van der Waals surface area contributed by atoms with Gasteiger partial charge in [-0.1, -0.05) is 23.4 Å². The summed E-state index contributed by atoms with van der Waals surface area (Å²) in [6, 6.07) is 1.73. The van der Waals surface area contributed by atoms with Gasteiger partial charge in [-0.3, -0.25) is 0 Å². The lowest BCUT2D eigenvalue weighted by atomic mass is 10.2. The molecular weight excluding hydrogens is 310 g/mol. The van der Waals surface area contributed by atoms with Crippen molar-refractivity contribution in [2.24, 2.45) is 0 Å². The molecule has 0 bridgehead atoms. The molecule has 0 N–H and O–H groups in total. The van der Waals surface area contributed by atoms with Gasteiger partial charge in [0.05, 0.1) is 0 Å². The maximum absolute atomic E-state index is 12.0. The molecule has 0 radical (unpaired) electrons. The Labute approximate surface area is 134 Å². The fraction of sp³-hybridized carbons (Fsp3) is 0.643. The first-order valence-electron chi connectivity index (χ1n) is 6.89. The number of hydrogen-bond donors (Lipinski definition) is 0. The first-order chi connectivity index (χ1) is 9.73. The highest BCUT2D eigenvalue weighted by molar-refractivity contribution is 7.99. The molecule has 116 valence electrons. The van der Waals surface area contributed by atoms with Gasteiger partial charge in [0.15, 0.2) is 5.16 Å². The van der Waals surface area contributed by atoms with Crippen molar-refractivity contribution in [3.63, 3.8) is 0 Å². The fourth-order valence-corrected chi connectivity index (χ4v) is 3.43. The second-order valence-electron chi connectivity index (χ2n) is 6.07. The van der Waals surface area contributed by atoms with E-state index in [0.717, 1.165) is 12.1 Å². The van der Waals surface area contributed by atoms with Crippen molar-refractivity contribution in [2.75, 3.05) is 13.1 Å². The lowest BCUT2D eigenvalue weighted by molar-refractivity contribution is 0.0295. The van der Waals surface area contributed by atoms with Crippen LogP contribution in [0.2, 0.25) is 5.15 Å². The molecule has 0 aromatic carbocycles. The van der Waals surface area contributed by atoms with Gasteiger partial charge in [0.25, 0.3) is 0 Å². The number of amides is 1. The van der Waals surface area contributed by atoms with Gasteiger partial charge in [-0.05, 0) is 40.2 Å². The Morgan fingerprint density at radius 2 is 2.19 bits per heavy atom. The number of carbonyl (C=O) groups is 1. The molecule has 5 nitrogen and oxygen atoms in total. The summed E-state index contributed by atoms with van der Waals surface area (Å²) in [6.45, 7) is 8.85. The van der Waals surface area contributed by atoms with E-state index in [-0.39, 0.29) is 11.3 Å². The largest absolute Gasteiger partial charge is 0.444 e. The summed E-state index contributed by atoms with van der Waals surface area (Å²) in [5.74, 6) is 0. The van der Waals surface area contributed by atoms with Crippen LogP contribution in [0.3, 0.4) is 0 Å². The molecule has 1 fully saturated rings. The minimum absolute atomic E-state index is 0.256. The SMILES string of the molecule is Cc1cc(Cl)nc(S[C@H]2CCN(C(=O)OC(C)(C)C)C2)n1. The van der Waals surface area contributed by atoms with Crippen molar-refractivity contribution >= 4 is 29.5 Å². The number of nitrogens with zero attached hydrogens (tertiary/aromatic N) is 3. The second kappa shape index (κ2) is 6.40. The number of carbonyl (C=O) groups excluding carboxylic acids is 1. The summed E-state index contributed by atoms with van der Waals surface area (Å²) >= 11 is 7.50. The van der Waals surface area contributed by atoms with Crippen molar-refractivity contribution in [3.05, 3.63) is 16.9 Å². The van der Waals surface area contributed by atoms with E-state index in [1.807, 2.05) is 27.7 Å². The Kier molecular flexibility index (Phi) is 4.99. The number of likely N-dealkylation sites (tertiary alicyclic amines) is 1. The lowest BCUT2D eigenvalue weighted by Crippen LogP contribution is -2.35. The van der Waals surface area contributed by atoms with E-state index in [1.165, 1.54) is 0 Å². The molecule has 1 aromatic heterocycles. The van der Waals surface area contributed by atoms with Crippen LogP contribution in [0.4, 0.5) is 4.79 Å². The summed E-state index contributed by atoms with van der Waals surface area (Å²) < 4.78 is 5.38. The van der Waals surface area contributed by atoms with Crippen LogP contribution in [-0.4, -0.2) is 44.9 Å². The molecule has 1 aromatic rings. The van der Waals surface area contributed by atoms with E-state index >= 15 is 0 Å². The van der Waals surface area contributed by atoms with Crippen LogP contribution in [0.1, 0.15) is 32.9 Å². The zero-order chi connectivity index (χ0) is 15.6. The molecule has 7 heteroatoms. The molecular formula is C14H20ClN3O2S. The Balaban J connectivity index is 1.92. The summed E-state index contributed by atoms with van der Waals surface area (Å²) in [7, 11) is 0. The van der Waals surface area contributed by atoms with Crippen LogP contribution in [0.5, 0.6) is 0 Å². The minimum Gasteiger partial charge on any atom is -0.444 e. The van der Waals surface area contributed by atoms with Gasteiger partial charge in [0, 0.05) is 24.0 Å². The number of thioether (sulfide) groups is 1. The van der Waals surface area contributed by atoms with Gasteiger partial charge in [0.2, 0.25) is 0 Å². The Morgan fingerprint density at radius 3 is 2.81 bits per heavy atom. The van der Waals surface area contributed by atoms with Crippen molar-refractivity contribution in [1.29, 1.82) is 0 Å². The second-order valence-corrected chi connectivity index (χ2v) is 7.72. The van der Waals surface area contributed by atoms with E-state index in [1.54, 1.807) is 22.7 Å². The van der Waals surface area contributed by atoms with Gasteiger partial charge < -0.3 is 9.64 Å². The van der Waals surface area contributed by atoms with Crippen molar-refractivity contribution in [3.8, 4) is 0 Å². The maximum Gasteiger partial charge on any atom is 0.410 e. The average molecular weight is 330 g/mol.